The summed E-state index contributed by atoms with van der Waals surface area (Å²) in [5, 5.41) is 9.16. The Morgan fingerprint density at radius 2 is 2.46 bits per heavy atom. The van der Waals surface area contributed by atoms with Crippen molar-refractivity contribution in [2.24, 2.45) is 0 Å². The molecule has 0 saturated carbocycles. The number of hydrazine groups is 1. The highest BCUT2D eigenvalue weighted by atomic mass is 35.5. The fourth-order valence-corrected chi connectivity index (χ4v) is 0.853. The first-order chi connectivity index (χ1) is 6.11. The van der Waals surface area contributed by atoms with Crippen LogP contribution in [0.5, 0.6) is 0 Å². The molecule has 0 fully saturated rings. The third kappa shape index (κ3) is 2.71. The van der Waals surface area contributed by atoms with E-state index in [9.17, 15) is 14.9 Å². The quantitative estimate of drug-likeness (QED) is 0.414. The Balaban J connectivity index is 3.01. The molecular formula is C5H5ClN4O3. The van der Waals surface area contributed by atoms with Crippen molar-refractivity contribution >= 4 is 17.5 Å². The molecule has 0 bridgehead atoms. The minimum absolute atomic E-state index is 0.0241. The Hall–Kier alpha value is -1.63. The molecule has 13 heavy (non-hydrogen) atoms. The van der Waals surface area contributed by atoms with Crippen LogP contribution in [0.25, 0.3) is 0 Å². The Morgan fingerprint density at radius 3 is 3.00 bits per heavy atom. The Morgan fingerprint density at radius 1 is 1.77 bits per heavy atom. The van der Waals surface area contributed by atoms with Gasteiger partial charge in [-0.2, -0.15) is 0 Å². The van der Waals surface area contributed by atoms with Crippen molar-refractivity contribution in [1.29, 1.82) is 0 Å². The number of nitro groups is 1. The molecule has 0 spiro atoms. The standard InChI is InChI=1S/C5H5ClN4O3/c6-2-3-1-4(11)8-5(7-3)9-10(12)13/h1H,2H2,(H2,7,8,9,11). The highest BCUT2D eigenvalue weighted by Gasteiger charge is 2.03. The van der Waals surface area contributed by atoms with Crippen LogP contribution in [-0.2, 0) is 5.88 Å². The number of anilines is 1. The van der Waals surface area contributed by atoms with Gasteiger partial charge in [0, 0.05) is 6.07 Å². The fourth-order valence-electron chi connectivity index (χ4n) is 0.716. The number of H-pyrrole nitrogens is 1. The first-order valence-corrected chi connectivity index (χ1v) is 3.72. The highest BCUT2D eigenvalue weighted by Crippen LogP contribution is 1.99. The third-order valence-corrected chi connectivity index (χ3v) is 1.40. The number of alkyl halides is 1. The van der Waals surface area contributed by atoms with E-state index in [1.807, 2.05) is 0 Å². The molecule has 8 heteroatoms. The van der Waals surface area contributed by atoms with Gasteiger partial charge in [-0.1, -0.05) is 5.43 Å². The molecule has 0 aliphatic carbocycles. The van der Waals surface area contributed by atoms with E-state index in [1.54, 1.807) is 5.43 Å². The van der Waals surface area contributed by atoms with Crippen LogP contribution in [0.4, 0.5) is 5.95 Å². The maximum Gasteiger partial charge on any atom is 0.266 e. The predicted octanol–water partition coefficient (Wildman–Crippen LogP) is 0.112. The SMILES string of the molecule is O=c1cc(CCl)nc(N[N+](=O)[O-])[nH]1. The third-order valence-electron chi connectivity index (χ3n) is 1.13. The van der Waals surface area contributed by atoms with E-state index in [4.69, 9.17) is 11.6 Å². The van der Waals surface area contributed by atoms with Crippen molar-refractivity contribution in [1.82, 2.24) is 9.97 Å². The first kappa shape index (κ1) is 9.46. The number of nitrogens with zero attached hydrogens (tertiary/aromatic N) is 2. The van der Waals surface area contributed by atoms with Gasteiger partial charge in [-0.15, -0.1) is 11.6 Å². The highest BCUT2D eigenvalue weighted by molar-refractivity contribution is 6.16. The summed E-state index contributed by atoms with van der Waals surface area (Å²) in [7, 11) is 0. The molecule has 1 aromatic rings. The van der Waals surface area contributed by atoms with E-state index in [0.29, 0.717) is 0 Å². The van der Waals surface area contributed by atoms with E-state index >= 15 is 0 Å². The van der Waals surface area contributed by atoms with Crippen LogP contribution in [0.2, 0.25) is 0 Å². The lowest BCUT2D eigenvalue weighted by atomic mass is 10.4. The van der Waals surface area contributed by atoms with Gasteiger partial charge in [-0.3, -0.25) is 9.78 Å². The summed E-state index contributed by atoms with van der Waals surface area (Å²) in [5.41, 5.74) is 1.50. The molecule has 1 aromatic heterocycles. The fraction of sp³-hybridized carbons (Fsp3) is 0.200. The predicted molar refractivity (Wildman–Crippen MR) is 45.0 cm³/mol. The van der Waals surface area contributed by atoms with Crippen LogP contribution in [0.3, 0.4) is 0 Å². The topological polar surface area (TPSA) is 101 Å². The van der Waals surface area contributed by atoms with Crippen molar-refractivity contribution < 1.29 is 5.03 Å². The molecule has 0 radical (unpaired) electrons. The number of halogens is 1. The van der Waals surface area contributed by atoms with E-state index in [1.165, 1.54) is 0 Å². The second-order valence-corrected chi connectivity index (χ2v) is 2.36. The zero-order chi connectivity index (χ0) is 9.84. The molecule has 0 aliphatic rings. The number of aromatic nitrogens is 2. The Kier molecular flexibility index (Phi) is 2.80. The minimum Gasteiger partial charge on any atom is -0.288 e. The largest absolute Gasteiger partial charge is 0.288 e. The summed E-state index contributed by atoms with van der Waals surface area (Å²) in [6.07, 6.45) is 0. The number of hydrogen-bond donors (Lipinski definition) is 2. The van der Waals surface area contributed by atoms with Gasteiger partial charge in [0.1, 0.15) is 0 Å². The number of hydrogen-bond acceptors (Lipinski definition) is 4. The normalized spacial score (nSPS) is 9.62. The maximum absolute atomic E-state index is 10.8. The molecule has 70 valence electrons. The van der Waals surface area contributed by atoms with Crippen LogP contribution < -0.4 is 11.0 Å². The summed E-state index contributed by atoms with van der Waals surface area (Å²) in [6, 6.07) is 1.16. The van der Waals surface area contributed by atoms with Crippen LogP contribution in [0, 0.1) is 10.1 Å². The van der Waals surface area contributed by atoms with Crippen LogP contribution >= 0.6 is 11.6 Å². The molecule has 0 unspecified atom stereocenters. The van der Waals surface area contributed by atoms with E-state index in [-0.39, 0.29) is 17.5 Å². The number of aromatic amines is 1. The molecule has 1 rings (SSSR count). The summed E-state index contributed by atoms with van der Waals surface area (Å²) in [4.78, 5) is 26.6. The molecule has 0 aromatic carbocycles. The first-order valence-electron chi connectivity index (χ1n) is 3.19. The Bertz CT molecular complexity index is 376. The second kappa shape index (κ2) is 3.85. The molecule has 0 saturated heterocycles. The summed E-state index contributed by atoms with van der Waals surface area (Å²) >= 11 is 5.39. The van der Waals surface area contributed by atoms with Crippen molar-refractivity contribution in [3.05, 3.63) is 32.2 Å². The molecular weight excluding hydrogens is 200 g/mol. The van der Waals surface area contributed by atoms with Crippen LogP contribution in [0.15, 0.2) is 10.9 Å². The van der Waals surface area contributed by atoms with Gasteiger partial charge in [0.2, 0.25) is 0 Å². The number of rotatable bonds is 3. The lowest BCUT2D eigenvalue weighted by Gasteiger charge is -1.97. The lowest BCUT2D eigenvalue weighted by molar-refractivity contribution is -0.446. The monoisotopic (exact) mass is 204 g/mol. The van der Waals surface area contributed by atoms with Crippen LogP contribution in [0.1, 0.15) is 5.69 Å². The Labute approximate surface area is 76.9 Å². The molecule has 7 nitrogen and oxygen atoms in total. The van der Waals surface area contributed by atoms with Gasteiger partial charge in [0.05, 0.1) is 11.6 Å². The van der Waals surface area contributed by atoms with Gasteiger partial charge in [-0.25, -0.2) is 15.1 Å². The van der Waals surface area contributed by atoms with E-state index in [0.717, 1.165) is 6.07 Å². The minimum atomic E-state index is -0.823. The van der Waals surface area contributed by atoms with Crippen LogP contribution in [-0.4, -0.2) is 15.0 Å². The molecule has 0 aliphatic heterocycles. The van der Waals surface area contributed by atoms with Crippen molar-refractivity contribution in [3.8, 4) is 0 Å². The average Bonchev–Trinajstić information content (AvgIpc) is 2.01. The second-order valence-electron chi connectivity index (χ2n) is 2.09. The molecule has 0 amide bonds. The summed E-state index contributed by atoms with van der Waals surface area (Å²) in [5.74, 6) is -0.204. The van der Waals surface area contributed by atoms with Crippen molar-refractivity contribution in [2.45, 2.75) is 5.88 Å². The summed E-state index contributed by atoms with van der Waals surface area (Å²) in [6.45, 7) is 0. The van der Waals surface area contributed by atoms with Gasteiger partial charge in [-0.05, 0) is 0 Å². The summed E-state index contributed by atoms with van der Waals surface area (Å²) < 4.78 is 0. The zero-order valence-electron chi connectivity index (χ0n) is 6.28. The van der Waals surface area contributed by atoms with Gasteiger partial charge < -0.3 is 0 Å². The smallest absolute Gasteiger partial charge is 0.266 e. The van der Waals surface area contributed by atoms with Gasteiger partial charge in [0.15, 0.2) is 5.03 Å². The van der Waals surface area contributed by atoms with Gasteiger partial charge >= 0.3 is 0 Å². The lowest BCUT2D eigenvalue weighted by Crippen LogP contribution is -2.17. The maximum atomic E-state index is 10.8. The molecule has 1 heterocycles. The molecule has 2 N–H and O–H groups in total. The van der Waals surface area contributed by atoms with Crippen molar-refractivity contribution in [3.63, 3.8) is 0 Å². The zero-order valence-corrected chi connectivity index (χ0v) is 7.04. The van der Waals surface area contributed by atoms with E-state index < -0.39 is 10.6 Å². The average molecular weight is 205 g/mol. The van der Waals surface area contributed by atoms with E-state index in [2.05, 4.69) is 9.97 Å². The molecule has 0 atom stereocenters. The van der Waals surface area contributed by atoms with Crippen molar-refractivity contribution in [2.75, 3.05) is 5.43 Å². The van der Waals surface area contributed by atoms with Gasteiger partial charge in [0.25, 0.3) is 11.5 Å². The number of nitrogens with one attached hydrogen (secondary N) is 2.